The van der Waals surface area contributed by atoms with Crippen LogP contribution in [0.2, 0.25) is 0 Å². The van der Waals surface area contributed by atoms with Gasteiger partial charge in [-0.1, -0.05) is 18.2 Å². The predicted octanol–water partition coefficient (Wildman–Crippen LogP) is 4.49. The summed E-state index contributed by atoms with van der Waals surface area (Å²) in [6, 6.07) is 14.0. The minimum atomic E-state index is 0.0469. The first-order valence-electron chi connectivity index (χ1n) is 9.98. The summed E-state index contributed by atoms with van der Waals surface area (Å²) < 4.78 is 12.4. The smallest absolute Gasteiger partial charge is 0.246 e. The monoisotopic (exact) mass is 406 g/mol. The average molecular weight is 407 g/mol. The molecule has 1 fully saturated rings. The van der Waals surface area contributed by atoms with E-state index in [9.17, 15) is 4.79 Å². The Morgan fingerprint density at radius 2 is 2.00 bits per heavy atom. The number of amides is 1. The van der Waals surface area contributed by atoms with Crippen molar-refractivity contribution in [3.63, 3.8) is 0 Å². The molecule has 5 rings (SSSR count). The summed E-state index contributed by atoms with van der Waals surface area (Å²) in [4.78, 5) is 19.5. The van der Waals surface area contributed by atoms with E-state index in [1.807, 2.05) is 41.3 Å². The third kappa shape index (κ3) is 3.85. The van der Waals surface area contributed by atoms with Gasteiger partial charge in [-0.25, -0.2) is 4.98 Å². The van der Waals surface area contributed by atoms with Crippen LogP contribution in [-0.4, -0.2) is 42.1 Å². The maximum atomic E-state index is 12.8. The van der Waals surface area contributed by atoms with Crippen molar-refractivity contribution >= 4 is 33.5 Å². The molecule has 0 radical (unpaired) electrons. The standard InChI is InChI=1S/C23H22N2O3S/c26-22(10-8-16-7-9-19-20(14-16)28-13-12-27-19)25-11-3-4-17(15-25)23-24-18-5-1-2-6-21(18)29-23/h1-2,5-10,14,17H,3-4,11-13,15H2/b10-8+. The molecule has 0 bridgehead atoms. The highest BCUT2D eigenvalue weighted by molar-refractivity contribution is 7.18. The first-order chi connectivity index (χ1) is 14.3. The largest absolute Gasteiger partial charge is 0.486 e. The lowest BCUT2D eigenvalue weighted by Crippen LogP contribution is -2.38. The molecule has 0 aliphatic carbocycles. The Morgan fingerprint density at radius 1 is 1.14 bits per heavy atom. The molecule has 1 amide bonds. The molecule has 1 saturated heterocycles. The average Bonchev–Trinajstić information content (AvgIpc) is 3.22. The van der Waals surface area contributed by atoms with E-state index < -0.39 is 0 Å². The number of hydrogen-bond acceptors (Lipinski definition) is 5. The van der Waals surface area contributed by atoms with Crippen molar-refractivity contribution in [3.8, 4) is 11.5 Å². The van der Waals surface area contributed by atoms with Gasteiger partial charge < -0.3 is 14.4 Å². The van der Waals surface area contributed by atoms with Gasteiger partial charge in [-0.05, 0) is 48.7 Å². The van der Waals surface area contributed by atoms with Gasteiger partial charge >= 0.3 is 0 Å². The molecule has 1 aromatic heterocycles. The predicted molar refractivity (Wildman–Crippen MR) is 115 cm³/mol. The van der Waals surface area contributed by atoms with Gasteiger partial charge in [-0.15, -0.1) is 11.3 Å². The number of hydrogen-bond donors (Lipinski definition) is 0. The fourth-order valence-corrected chi connectivity index (χ4v) is 4.97. The molecular formula is C23H22N2O3S. The number of carbonyl (C=O) groups excluding carboxylic acids is 1. The molecule has 2 aromatic carbocycles. The van der Waals surface area contributed by atoms with Gasteiger partial charge in [0.15, 0.2) is 11.5 Å². The van der Waals surface area contributed by atoms with Crippen molar-refractivity contribution in [2.45, 2.75) is 18.8 Å². The molecular weight excluding hydrogens is 384 g/mol. The molecule has 148 valence electrons. The molecule has 1 unspecified atom stereocenters. The number of thiazole rings is 1. The number of fused-ring (bicyclic) bond motifs is 2. The van der Waals surface area contributed by atoms with Crippen LogP contribution in [0.4, 0.5) is 0 Å². The van der Waals surface area contributed by atoms with Crippen LogP contribution >= 0.6 is 11.3 Å². The topological polar surface area (TPSA) is 51.7 Å². The van der Waals surface area contributed by atoms with E-state index in [1.54, 1.807) is 17.4 Å². The van der Waals surface area contributed by atoms with Gasteiger partial charge in [0.1, 0.15) is 13.2 Å². The van der Waals surface area contributed by atoms with Gasteiger partial charge in [-0.3, -0.25) is 4.79 Å². The van der Waals surface area contributed by atoms with Crippen LogP contribution in [0.1, 0.15) is 29.3 Å². The molecule has 2 aliphatic heterocycles. The molecule has 3 aromatic rings. The Labute approximate surface area is 173 Å². The summed E-state index contributed by atoms with van der Waals surface area (Å²) in [5.41, 5.74) is 1.98. The summed E-state index contributed by atoms with van der Waals surface area (Å²) in [6.07, 6.45) is 5.59. The van der Waals surface area contributed by atoms with E-state index >= 15 is 0 Å². The van der Waals surface area contributed by atoms with Crippen molar-refractivity contribution in [2.75, 3.05) is 26.3 Å². The van der Waals surface area contributed by atoms with Crippen molar-refractivity contribution in [1.82, 2.24) is 9.88 Å². The first-order valence-corrected chi connectivity index (χ1v) is 10.8. The zero-order valence-corrected chi connectivity index (χ0v) is 16.9. The molecule has 6 heteroatoms. The van der Waals surface area contributed by atoms with Crippen LogP contribution in [0.25, 0.3) is 16.3 Å². The van der Waals surface area contributed by atoms with Crippen molar-refractivity contribution < 1.29 is 14.3 Å². The van der Waals surface area contributed by atoms with Gasteiger partial charge in [0, 0.05) is 25.1 Å². The van der Waals surface area contributed by atoms with E-state index in [1.165, 1.54) is 4.70 Å². The first kappa shape index (κ1) is 18.2. The number of ether oxygens (including phenoxy) is 2. The summed E-state index contributed by atoms with van der Waals surface area (Å²) in [5, 5.41) is 1.14. The lowest BCUT2D eigenvalue weighted by Gasteiger charge is -2.31. The molecule has 0 saturated carbocycles. The second-order valence-electron chi connectivity index (χ2n) is 7.38. The second-order valence-corrected chi connectivity index (χ2v) is 8.44. The third-order valence-corrected chi connectivity index (χ3v) is 6.58. The van der Waals surface area contributed by atoms with Crippen LogP contribution in [0.5, 0.6) is 11.5 Å². The molecule has 1 atom stereocenters. The Balaban J connectivity index is 1.27. The highest BCUT2D eigenvalue weighted by Crippen LogP contribution is 2.33. The van der Waals surface area contributed by atoms with Crippen LogP contribution < -0.4 is 9.47 Å². The lowest BCUT2D eigenvalue weighted by molar-refractivity contribution is -0.127. The maximum Gasteiger partial charge on any atom is 0.246 e. The highest BCUT2D eigenvalue weighted by Gasteiger charge is 2.26. The molecule has 3 heterocycles. The van der Waals surface area contributed by atoms with E-state index in [-0.39, 0.29) is 5.91 Å². The highest BCUT2D eigenvalue weighted by atomic mass is 32.1. The number of benzene rings is 2. The Morgan fingerprint density at radius 3 is 2.90 bits per heavy atom. The van der Waals surface area contributed by atoms with Gasteiger partial charge in [-0.2, -0.15) is 0 Å². The quantitative estimate of drug-likeness (QED) is 0.602. The molecule has 2 aliphatic rings. The van der Waals surface area contributed by atoms with E-state index in [0.717, 1.165) is 53.5 Å². The van der Waals surface area contributed by atoms with Crippen molar-refractivity contribution in [3.05, 3.63) is 59.1 Å². The summed E-state index contributed by atoms with van der Waals surface area (Å²) in [6.45, 7) is 2.65. The molecule has 0 spiro atoms. The van der Waals surface area contributed by atoms with Crippen molar-refractivity contribution in [1.29, 1.82) is 0 Å². The molecule has 0 N–H and O–H groups in total. The van der Waals surface area contributed by atoms with E-state index in [0.29, 0.717) is 19.1 Å². The van der Waals surface area contributed by atoms with Crippen molar-refractivity contribution in [2.24, 2.45) is 0 Å². The summed E-state index contributed by atoms with van der Waals surface area (Å²) in [5.74, 6) is 1.85. The number of piperidine rings is 1. The van der Waals surface area contributed by atoms with Gasteiger partial charge in [0.25, 0.3) is 0 Å². The van der Waals surface area contributed by atoms with E-state index in [2.05, 4.69) is 12.1 Å². The van der Waals surface area contributed by atoms with Crippen LogP contribution in [0.3, 0.4) is 0 Å². The van der Waals surface area contributed by atoms with Gasteiger partial charge in [0.05, 0.1) is 15.2 Å². The Hall–Kier alpha value is -2.86. The minimum Gasteiger partial charge on any atom is -0.486 e. The summed E-state index contributed by atoms with van der Waals surface area (Å²) >= 11 is 1.75. The Bertz CT molecular complexity index is 1040. The minimum absolute atomic E-state index is 0.0469. The zero-order chi connectivity index (χ0) is 19.6. The van der Waals surface area contributed by atoms with Crippen LogP contribution in [-0.2, 0) is 4.79 Å². The number of para-hydroxylation sites is 1. The molecule has 29 heavy (non-hydrogen) atoms. The second kappa shape index (κ2) is 7.87. The fraction of sp³-hybridized carbons (Fsp3) is 0.304. The van der Waals surface area contributed by atoms with Crippen LogP contribution in [0.15, 0.2) is 48.5 Å². The fourth-order valence-electron chi connectivity index (χ4n) is 3.88. The lowest BCUT2D eigenvalue weighted by atomic mass is 9.98. The van der Waals surface area contributed by atoms with Crippen LogP contribution in [0, 0.1) is 0 Å². The van der Waals surface area contributed by atoms with Gasteiger partial charge in [0.2, 0.25) is 5.91 Å². The molecule has 5 nitrogen and oxygen atoms in total. The normalized spacial score (nSPS) is 19.0. The Kier molecular flexibility index (Phi) is 4.94. The number of carbonyl (C=O) groups is 1. The maximum absolute atomic E-state index is 12.8. The number of rotatable bonds is 3. The zero-order valence-electron chi connectivity index (χ0n) is 16.0. The summed E-state index contributed by atoms with van der Waals surface area (Å²) in [7, 11) is 0. The number of likely N-dealkylation sites (tertiary alicyclic amines) is 1. The number of nitrogens with zero attached hydrogens (tertiary/aromatic N) is 2. The third-order valence-electron chi connectivity index (χ3n) is 5.38. The van der Waals surface area contributed by atoms with E-state index in [4.69, 9.17) is 14.5 Å². The SMILES string of the molecule is O=C(/C=C/c1ccc2c(c1)OCCO2)N1CCCC(c2nc3ccccc3s2)C1. The number of aromatic nitrogens is 1.